The maximum Gasteiger partial charge on any atom is 0.315 e. The van der Waals surface area contributed by atoms with E-state index in [1.165, 1.54) is 4.90 Å². The Balaban J connectivity index is 2.01. The number of benzene rings is 1. The number of rotatable bonds is 3. The number of carbonyl (C=O) groups excluding carboxylic acids is 1. The molecule has 1 aromatic rings. The van der Waals surface area contributed by atoms with Crippen molar-refractivity contribution in [1.29, 1.82) is 0 Å². The number of thioether (sulfide) groups is 1. The van der Waals surface area contributed by atoms with Gasteiger partial charge < -0.3 is 10.6 Å². The molecule has 0 fully saturated rings. The minimum absolute atomic E-state index is 0.0343. The second-order valence-electron chi connectivity index (χ2n) is 3.82. The Labute approximate surface area is 104 Å². The van der Waals surface area contributed by atoms with E-state index >= 15 is 0 Å². The Morgan fingerprint density at radius 2 is 2.29 bits per heavy atom. The predicted molar refractivity (Wildman–Crippen MR) is 67.0 cm³/mol. The first-order valence-corrected chi connectivity index (χ1v) is 6.62. The van der Waals surface area contributed by atoms with Crippen LogP contribution in [-0.2, 0) is 0 Å². The zero-order valence-electron chi connectivity index (χ0n) is 9.41. The molecule has 0 saturated heterocycles. The summed E-state index contributed by atoms with van der Waals surface area (Å²) in [5, 5.41) is 5.36. The highest BCUT2D eigenvalue weighted by atomic mass is 32.2. The third-order valence-electron chi connectivity index (χ3n) is 2.64. The second kappa shape index (κ2) is 5.91. The monoisotopic (exact) mass is 254 g/mol. The van der Waals surface area contributed by atoms with Crippen molar-refractivity contribution in [2.75, 3.05) is 19.0 Å². The number of carbonyl (C=O) groups is 1. The maximum atomic E-state index is 11.9. The molecule has 2 N–H and O–H groups in total. The lowest BCUT2D eigenvalue weighted by atomic mass is 10.0. The normalized spacial score (nSPS) is 18.3. The van der Waals surface area contributed by atoms with Gasteiger partial charge in [-0.25, -0.2) is 9.18 Å². The van der Waals surface area contributed by atoms with Crippen LogP contribution in [0, 0.1) is 0 Å². The van der Waals surface area contributed by atoms with Crippen LogP contribution in [0.3, 0.4) is 0 Å². The summed E-state index contributed by atoms with van der Waals surface area (Å²) in [6.45, 7) is -0.473. The van der Waals surface area contributed by atoms with Gasteiger partial charge in [-0.15, -0.1) is 11.8 Å². The van der Waals surface area contributed by atoms with E-state index in [2.05, 4.69) is 16.7 Å². The van der Waals surface area contributed by atoms with E-state index < -0.39 is 6.67 Å². The molecule has 17 heavy (non-hydrogen) atoms. The van der Waals surface area contributed by atoms with Gasteiger partial charge >= 0.3 is 6.03 Å². The summed E-state index contributed by atoms with van der Waals surface area (Å²) in [6, 6.07) is 7.80. The van der Waals surface area contributed by atoms with Crippen molar-refractivity contribution in [2.24, 2.45) is 0 Å². The van der Waals surface area contributed by atoms with Gasteiger partial charge in [-0.05, 0) is 18.1 Å². The Kier molecular flexibility index (Phi) is 4.25. The summed E-state index contributed by atoms with van der Waals surface area (Å²) < 4.78 is 11.9. The molecule has 0 bridgehead atoms. The van der Waals surface area contributed by atoms with Gasteiger partial charge in [0.15, 0.2) is 0 Å². The minimum Gasteiger partial charge on any atom is -0.336 e. The van der Waals surface area contributed by atoms with Crippen molar-refractivity contribution in [3.8, 4) is 0 Å². The first-order chi connectivity index (χ1) is 8.31. The second-order valence-corrected chi connectivity index (χ2v) is 4.95. The molecule has 1 atom stereocenters. The van der Waals surface area contributed by atoms with E-state index in [1.54, 1.807) is 11.8 Å². The van der Waals surface area contributed by atoms with Crippen LogP contribution in [0.5, 0.6) is 0 Å². The number of hydrogen-bond acceptors (Lipinski definition) is 2. The quantitative estimate of drug-likeness (QED) is 0.870. The lowest BCUT2D eigenvalue weighted by Crippen LogP contribution is -2.39. The lowest BCUT2D eigenvalue weighted by molar-refractivity contribution is 0.235. The van der Waals surface area contributed by atoms with Crippen LogP contribution in [0.25, 0.3) is 0 Å². The molecular formula is C12H15FN2OS. The number of halogens is 1. The lowest BCUT2D eigenvalue weighted by Gasteiger charge is -2.25. The minimum atomic E-state index is -0.537. The predicted octanol–water partition coefficient (Wildman–Crippen LogP) is 2.49. The number of urea groups is 1. The van der Waals surface area contributed by atoms with Gasteiger partial charge in [-0.3, -0.25) is 0 Å². The largest absolute Gasteiger partial charge is 0.336 e. The van der Waals surface area contributed by atoms with E-state index in [9.17, 15) is 9.18 Å². The molecule has 0 aromatic heterocycles. The first kappa shape index (κ1) is 12.2. The van der Waals surface area contributed by atoms with E-state index in [0.717, 1.165) is 17.7 Å². The Hall–Kier alpha value is -1.23. The van der Waals surface area contributed by atoms with Gasteiger partial charge in [0, 0.05) is 17.2 Å². The van der Waals surface area contributed by atoms with Crippen molar-refractivity contribution in [3.63, 3.8) is 0 Å². The fourth-order valence-corrected chi connectivity index (χ4v) is 2.99. The average Bonchev–Trinajstić information content (AvgIpc) is 2.37. The van der Waals surface area contributed by atoms with E-state index in [1.807, 2.05) is 18.2 Å². The molecule has 92 valence electrons. The molecule has 3 nitrogen and oxygen atoms in total. The molecule has 0 radical (unpaired) electrons. The van der Waals surface area contributed by atoms with Gasteiger partial charge in [0.2, 0.25) is 0 Å². The summed E-state index contributed by atoms with van der Waals surface area (Å²) in [6.07, 6.45) is 0.907. The van der Waals surface area contributed by atoms with Crippen molar-refractivity contribution in [3.05, 3.63) is 29.8 Å². The van der Waals surface area contributed by atoms with E-state index in [4.69, 9.17) is 0 Å². The van der Waals surface area contributed by atoms with Crippen LogP contribution in [-0.4, -0.2) is 25.0 Å². The molecule has 1 aliphatic heterocycles. The van der Waals surface area contributed by atoms with Crippen LogP contribution in [0.1, 0.15) is 18.0 Å². The van der Waals surface area contributed by atoms with Gasteiger partial charge in [0.1, 0.15) is 6.67 Å². The summed E-state index contributed by atoms with van der Waals surface area (Å²) >= 11 is 1.81. The molecule has 0 saturated carbocycles. The van der Waals surface area contributed by atoms with E-state index in [0.29, 0.717) is 0 Å². The smallest absolute Gasteiger partial charge is 0.315 e. The fourth-order valence-electron chi connectivity index (χ4n) is 1.86. The molecule has 2 amide bonds. The van der Waals surface area contributed by atoms with Crippen molar-refractivity contribution in [2.45, 2.75) is 17.4 Å². The zero-order valence-corrected chi connectivity index (χ0v) is 10.2. The molecule has 1 aliphatic rings. The standard InChI is InChI=1S/C12H15FN2OS/c13-6-7-14-12(16)15-10-5-8-17-11-4-2-1-3-9(10)11/h1-4,10H,5-8H2,(H2,14,15,16). The highest BCUT2D eigenvalue weighted by Gasteiger charge is 2.21. The molecule has 1 unspecified atom stereocenters. The molecular weight excluding hydrogens is 239 g/mol. The summed E-state index contributed by atoms with van der Waals surface area (Å²) in [5.41, 5.74) is 1.15. The van der Waals surface area contributed by atoms with Crippen LogP contribution in [0.15, 0.2) is 29.2 Å². The van der Waals surface area contributed by atoms with Crippen LogP contribution in [0.4, 0.5) is 9.18 Å². The number of fused-ring (bicyclic) bond motifs is 1. The molecule has 0 spiro atoms. The molecule has 0 aliphatic carbocycles. The Bertz CT molecular complexity index is 400. The number of alkyl halides is 1. The summed E-state index contributed by atoms with van der Waals surface area (Å²) in [4.78, 5) is 12.7. The number of hydrogen-bond donors (Lipinski definition) is 2. The average molecular weight is 254 g/mol. The Morgan fingerprint density at radius 1 is 1.47 bits per heavy atom. The van der Waals surface area contributed by atoms with Crippen LogP contribution >= 0.6 is 11.8 Å². The van der Waals surface area contributed by atoms with Crippen LogP contribution < -0.4 is 10.6 Å². The molecule has 1 aromatic carbocycles. The topological polar surface area (TPSA) is 41.1 Å². The molecule has 5 heteroatoms. The summed E-state index contributed by atoms with van der Waals surface area (Å²) in [7, 11) is 0. The first-order valence-electron chi connectivity index (χ1n) is 5.63. The number of nitrogens with one attached hydrogen (secondary N) is 2. The molecule has 2 rings (SSSR count). The number of amides is 2. The summed E-state index contributed by atoms with van der Waals surface area (Å²) in [5.74, 6) is 0.991. The van der Waals surface area contributed by atoms with Crippen molar-refractivity contribution >= 4 is 17.8 Å². The zero-order chi connectivity index (χ0) is 12.1. The maximum absolute atomic E-state index is 11.9. The van der Waals surface area contributed by atoms with Gasteiger partial charge in [-0.1, -0.05) is 18.2 Å². The van der Waals surface area contributed by atoms with Gasteiger partial charge in [-0.2, -0.15) is 0 Å². The SMILES string of the molecule is O=C(NCCF)NC1CCSc2ccccc21. The van der Waals surface area contributed by atoms with Crippen LogP contribution in [0.2, 0.25) is 0 Å². The third-order valence-corrected chi connectivity index (χ3v) is 3.77. The third kappa shape index (κ3) is 3.12. The highest BCUT2D eigenvalue weighted by Crippen LogP contribution is 2.35. The molecule has 1 heterocycles. The highest BCUT2D eigenvalue weighted by molar-refractivity contribution is 7.99. The van der Waals surface area contributed by atoms with Gasteiger partial charge in [0.25, 0.3) is 0 Å². The van der Waals surface area contributed by atoms with Crippen molar-refractivity contribution < 1.29 is 9.18 Å². The van der Waals surface area contributed by atoms with E-state index in [-0.39, 0.29) is 18.6 Å². The fraction of sp³-hybridized carbons (Fsp3) is 0.417. The van der Waals surface area contributed by atoms with Crippen molar-refractivity contribution in [1.82, 2.24) is 10.6 Å². The Morgan fingerprint density at radius 3 is 3.12 bits per heavy atom. The van der Waals surface area contributed by atoms with Gasteiger partial charge in [0.05, 0.1) is 6.04 Å².